The standard InChI is InChI=1S/C17H22ClFN2O3/c1-11-3-4-13(16(19)15(11)18)17(23)20-12-5-8-21(9-6-12)14(22)7-10-24-2/h3-4,12H,5-10H2,1-2H3,(H,20,23). The quantitative estimate of drug-likeness (QED) is 0.882. The van der Waals surface area contributed by atoms with Crippen LogP contribution in [0.1, 0.15) is 35.2 Å². The van der Waals surface area contributed by atoms with Crippen molar-refractivity contribution < 1.29 is 18.7 Å². The molecular formula is C17H22ClFN2O3. The molecule has 0 aliphatic carbocycles. The maximum atomic E-state index is 14.1. The van der Waals surface area contributed by atoms with E-state index >= 15 is 0 Å². The van der Waals surface area contributed by atoms with Crippen LogP contribution in [0.3, 0.4) is 0 Å². The fraction of sp³-hybridized carbons (Fsp3) is 0.529. The summed E-state index contributed by atoms with van der Waals surface area (Å²) >= 11 is 5.86. The Hall–Kier alpha value is -1.66. The Morgan fingerprint density at radius 3 is 2.67 bits per heavy atom. The summed E-state index contributed by atoms with van der Waals surface area (Å²) in [7, 11) is 1.56. The van der Waals surface area contributed by atoms with E-state index in [4.69, 9.17) is 16.3 Å². The summed E-state index contributed by atoms with van der Waals surface area (Å²) in [5.74, 6) is -1.11. The van der Waals surface area contributed by atoms with E-state index in [-0.39, 0.29) is 22.5 Å². The van der Waals surface area contributed by atoms with E-state index in [1.807, 2.05) is 0 Å². The van der Waals surface area contributed by atoms with Crippen molar-refractivity contribution in [3.05, 3.63) is 34.1 Å². The van der Waals surface area contributed by atoms with Crippen LogP contribution < -0.4 is 5.32 Å². The Bertz CT molecular complexity index is 616. The highest BCUT2D eigenvalue weighted by Gasteiger charge is 2.25. The van der Waals surface area contributed by atoms with Crippen LogP contribution in [0.15, 0.2) is 12.1 Å². The van der Waals surface area contributed by atoms with Gasteiger partial charge in [-0.2, -0.15) is 0 Å². The Morgan fingerprint density at radius 1 is 1.38 bits per heavy atom. The number of carbonyl (C=O) groups excluding carboxylic acids is 2. The number of methoxy groups -OCH3 is 1. The number of hydrogen-bond acceptors (Lipinski definition) is 3. The monoisotopic (exact) mass is 356 g/mol. The summed E-state index contributed by atoms with van der Waals surface area (Å²) in [6, 6.07) is 2.98. The number of carbonyl (C=O) groups is 2. The molecule has 5 nitrogen and oxygen atoms in total. The van der Waals surface area contributed by atoms with Crippen molar-refractivity contribution in [2.45, 2.75) is 32.2 Å². The summed E-state index contributed by atoms with van der Waals surface area (Å²) in [5, 5.41) is 2.80. The molecule has 0 unspecified atom stereocenters. The van der Waals surface area contributed by atoms with Crippen LogP contribution in [0.4, 0.5) is 4.39 Å². The first-order chi connectivity index (χ1) is 11.4. The Balaban J connectivity index is 1.89. The number of aryl methyl sites for hydroxylation is 1. The molecule has 0 aromatic heterocycles. The fourth-order valence-corrected chi connectivity index (χ4v) is 2.87. The Morgan fingerprint density at radius 2 is 2.04 bits per heavy atom. The normalized spacial score (nSPS) is 15.4. The van der Waals surface area contributed by atoms with Crippen molar-refractivity contribution in [3.63, 3.8) is 0 Å². The number of amides is 2. The third-order valence-corrected chi connectivity index (χ3v) is 4.69. The molecule has 132 valence electrons. The lowest BCUT2D eigenvalue weighted by Gasteiger charge is -2.32. The van der Waals surface area contributed by atoms with Crippen LogP contribution >= 0.6 is 11.6 Å². The van der Waals surface area contributed by atoms with E-state index in [9.17, 15) is 14.0 Å². The molecule has 24 heavy (non-hydrogen) atoms. The highest BCUT2D eigenvalue weighted by Crippen LogP contribution is 2.23. The molecule has 1 aromatic carbocycles. The summed E-state index contributed by atoms with van der Waals surface area (Å²) in [4.78, 5) is 25.9. The fourth-order valence-electron chi connectivity index (χ4n) is 2.71. The lowest BCUT2D eigenvalue weighted by Crippen LogP contribution is -2.46. The van der Waals surface area contributed by atoms with Crippen LogP contribution in [0.2, 0.25) is 5.02 Å². The molecule has 0 spiro atoms. The highest BCUT2D eigenvalue weighted by molar-refractivity contribution is 6.31. The maximum absolute atomic E-state index is 14.1. The molecule has 1 aromatic rings. The van der Waals surface area contributed by atoms with Gasteiger partial charge in [0.1, 0.15) is 0 Å². The summed E-state index contributed by atoms with van der Waals surface area (Å²) < 4.78 is 19.0. The van der Waals surface area contributed by atoms with Gasteiger partial charge in [0, 0.05) is 26.2 Å². The van der Waals surface area contributed by atoms with Crippen LogP contribution in [0.5, 0.6) is 0 Å². The van der Waals surface area contributed by atoms with Gasteiger partial charge in [0.25, 0.3) is 5.91 Å². The van der Waals surface area contributed by atoms with Gasteiger partial charge in [-0.05, 0) is 31.4 Å². The van der Waals surface area contributed by atoms with E-state index in [1.54, 1.807) is 25.0 Å². The highest BCUT2D eigenvalue weighted by atomic mass is 35.5. The molecule has 0 atom stereocenters. The largest absolute Gasteiger partial charge is 0.384 e. The number of rotatable bonds is 5. The SMILES string of the molecule is COCCC(=O)N1CCC(NC(=O)c2ccc(C)c(Cl)c2F)CC1. The van der Waals surface area contributed by atoms with E-state index in [0.717, 1.165) is 0 Å². The van der Waals surface area contributed by atoms with Gasteiger partial charge in [-0.15, -0.1) is 0 Å². The molecule has 1 saturated heterocycles. The Labute approximate surface area is 146 Å². The van der Waals surface area contributed by atoms with Crippen molar-refractivity contribution in [3.8, 4) is 0 Å². The average Bonchev–Trinajstić information content (AvgIpc) is 2.58. The first kappa shape index (κ1) is 18.7. The van der Waals surface area contributed by atoms with Crippen LogP contribution in [-0.2, 0) is 9.53 Å². The zero-order valence-corrected chi connectivity index (χ0v) is 14.7. The zero-order chi connectivity index (χ0) is 17.7. The summed E-state index contributed by atoms with van der Waals surface area (Å²) in [6.07, 6.45) is 1.65. The Kier molecular flexibility index (Phi) is 6.57. The molecule has 1 fully saturated rings. The van der Waals surface area contributed by atoms with Crippen LogP contribution in [-0.4, -0.2) is 49.6 Å². The second-order valence-electron chi connectivity index (χ2n) is 5.93. The minimum Gasteiger partial charge on any atom is -0.384 e. The van der Waals surface area contributed by atoms with Gasteiger partial charge in [0.15, 0.2) is 5.82 Å². The van der Waals surface area contributed by atoms with E-state index in [0.29, 0.717) is 44.5 Å². The molecule has 1 heterocycles. The number of nitrogens with zero attached hydrogens (tertiary/aromatic N) is 1. The van der Waals surface area contributed by atoms with Crippen molar-refractivity contribution in [1.29, 1.82) is 0 Å². The minimum atomic E-state index is -0.693. The number of hydrogen-bond donors (Lipinski definition) is 1. The molecule has 1 aliphatic rings. The number of nitrogens with one attached hydrogen (secondary N) is 1. The van der Waals surface area contributed by atoms with Gasteiger partial charge < -0.3 is 15.0 Å². The van der Waals surface area contributed by atoms with Crippen molar-refractivity contribution in [1.82, 2.24) is 10.2 Å². The van der Waals surface area contributed by atoms with E-state index in [2.05, 4.69) is 5.32 Å². The number of piperidine rings is 1. The average molecular weight is 357 g/mol. The number of benzene rings is 1. The van der Waals surface area contributed by atoms with Gasteiger partial charge in [-0.1, -0.05) is 17.7 Å². The van der Waals surface area contributed by atoms with Crippen molar-refractivity contribution in [2.24, 2.45) is 0 Å². The topological polar surface area (TPSA) is 58.6 Å². The predicted octanol–water partition coefficient (Wildman–Crippen LogP) is 2.54. The van der Waals surface area contributed by atoms with Gasteiger partial charge in [0.2, 0.25) is 5.91 Å². The van der Waals surface area contributed by atoms with Crippen LogP contribution in [0.25, 0.3) is 0 Å². The molecule has 1 N–H and O–H groups in total. The number of ether oxygens (including phenoxy) is 1. The van der Waals surface area contributed by atoms with Gasteiger partial charge in [-0.25, -0.2) is 4.39 Å². The maximum Gasteiger partial charge on any atom is 0.254 e. The number of likely N-dealkylation sites (tertiary alicyclic amines) is 1. The lowest BCUT2D eigenvalue weighted by atomic mass is 10.0. The molecular weight excluding hydrogens is 335 g/mol. The summed E-state index contributed by atoms with van der Waals surface area (Å²) in [6.45, 7) is 3.24. The zero-order valence-electron chi connectivity index (χ0n) is 13.9. The van der Waals surface area contributed by atoms with Crippen LogP contribution in [0, 0.1) is 12.7 Å². The molecule has 0 bridgehead atoms. The third-order valence-electron chi connectivity index (χ3n) is 4.22. The predicted molar refractivity (Wildman–Crippen MR) is 89.7 cm³/mol. The molecule has 0 saturated carbocycles. The van der Waals surface area contributed by atoms with E-state index < -0.39 is 11.7 Å². The minimum absolute atomic E-state index is 0.0267. The molecule has 0 radical (unpaired) electrons. The smallest absolute Gasteiger partial charge is 0.254 e. The summed E-state index contributed by atoms with van der Waals surface area (Å²) in [5.41, 5.74) is 0.540. The molecule has 2 amide bonds. The van der Waals surface area contributed by atoms with Gasteiger partial charge >= 0.3 is 0 Å². The molecule has 2 rings (SSSR count). The van der Waals surface area contributed by atoms with Crippen molar-refractivity contribution in [2.75, 3.05) is 26.8 Å². The van der Waals surface area contributed by atoms with Gasteiger partial charge in [0.05, 0.1) is 23.6 Å². The molecule has 1 aliphatic heterocycles. The van der Waals surface area contributed by atoms with Gasteiger partial charge in [-0.3, -0.25) is 9.59 Å². The third kappa shape index (κ3) is 4.45. The first-order valence-electron chi connectivity index (χ1n) is 7.96. The lowest BCUT2D eigenvalue weighted by molar-refractivity contribution is -0.133. The first-order valence-corrected chi connectivity index (χ1v) is 8.34. The van der Waals surface area contributed by atoms with Crippen molar-refractivity contribution >= 4 is 23.4 Å². The number of halogens is 2. The second kappa shape index (κ2) is 8.44. The second-order valence-corrected chi connectivity index (χ2v) is 6.31. The molecule has 7 heteroatoms. The van der Waals surface area contributed by atoms with E-state index in [1.165, 1.54) is 6.07 Å².